The Morgan fingerprint density at radius 1 is 1.43 bits per heavy atom. The molecule has 0 aliphatic rings. The molecule has 0 unspecified atom stereocenters. The summed E-state index contributed by atoms with van der Waals surface area (Å²) < 4.78 is 1.68. The second kappa shape index (κ2) is 4.84. The van der Waals surface area contributed by atoms with Crippen molar-refractivity contribution in [2.45, 2.75) is 33.2 Å². The fourth-order valence-corrected chi connectivity index (χ4v) is 1.39. The Morgan fingerprint density at radius 3 is 2.79 bits per heavy atom. The molecule has 1 aromatic heterocycles. The van der Waals surface area contributed by atoms with Crippen molar-refractivity contribution < 1.29 is 0 Å². The fourth-order valence-electron chi connectivity index (χ4n) is 1.39. The normalized spacial score (nSPS) is 10.8. The van der Waals surface area contributed by atoms with Crippen LogP contribution in [0.4, 0.5) is 5.69 Å². The Morgan fingerprint density at radius 2 is 2.14 bits per heavy atom. The van der Waals surface area contributed by atoms with E-state index < -0.39 is 0 Å². The molecule has 0 aromatic carbocycles. The van der Waals surface area contributed by atoms with Gasteiger partial charge < -0.3 is 10.3 Å². The molecule has 78 valence electrons. The van der Waals surface area contributed by atoms with Crippen molar-refractivity contribution >= 4 is 5.69 Å². The average molecular weight is 194 g/mol. The van der Waals surface area contributed by atoms with Crippen molar-refractivity contribution in [3.63, 3.8) is 0 Å². The zero-order chi connectivity index (χ0) is 10.6. The van der Waals surface area contributed by atoms with Crippen molar-refractivity contribution in [1.29, 1.82) is 0 Å². The van der Waals surface area contributed by atoms with Gasteiger partial charge in [0.15, 0.2) is 0 Å². The first-order valence-electron chi connectivity index (χ1n) is 5.05. The molecule has 3 heteroatoms. The highest BCUT2D eigenvalue weighted by atomic mass is 16.1. The number of hydrogen-bond acceptors (Lipinski definition) is 2. The van der Waals surface area contributed by atoms with Crippen molar-refractivity contribution in [1.82, 2.24) is 4.57 Å². The van der Waals surface area contributed by atoms with Crippen LogP contribution in [0.2, 0.25) is 0 Å². The van der Waals surface area contributed by atoms with Crippen molar-refractivity contribution in [2.75, 3.05) is 5.73 Å². The van der Waals surface area contributed by atoms with Crippen LogP contribution in [0.15, 0.2) is 23.1 Å². The van der Waals surface area contributed by atoms with Gasteiger partial charge in [-0.05, 0) is 24.8 Å². The first kappa shape index (κ1) is 10.8. The summed E-state index contributed by atoms with van der Waals surface area (Å²) >= 11 is 0. The number of pyridine rings is 1. The molecule has 0 spiro atoms. The van der Waals surface area contributed by atoms with Crippen LogP contribution in [0, 0.1) is 5.92 Å². The molecule has 1 heterocycles. The predicted octanol–water partition coefficient (Wildman–Crippen LogP) is 1.87. The summed E-state index contributed by atoms with van der Waals surface area (Å²) in [5, 5.41) is 0. The summed E-state index contributed by atoms with van der Waals surface area (Å²) in [5.74, 6) is 0.687. The second-order valence-corrected chi connectivity index (χ2v) is 4.03. The number of hydrogen-bond donors (Lipinski definition) is 1. The topological polar surface area (TPSA) is 48.0 Å². The number of anilines is 1. The van der Waals surface area contributed by atoms with E-state index in [0.29, 0.717) is 11.6 Å². The van der Waals surface area contributed by atoms with Gasteiger partial charge in [0.05, 0.1) is 0 Å². The van der Waals surface area contributed by atoms with Crippen LogP contribution in [0.25, 0.3) is 0 Å². The summed E-state index contributed by atoms with van der Waals surface area (Å²) in [4.78, 5) is 11.4. The molecule has 0 aliphatic carbocycles. The molecule has 0 saturated heterocycles. The van der Waals surface area contributed by atoms with Gasteiger partial charge in [-0.2, -0.15) is 0 Å². The highest BCUT2D eigenvalue weighted by molar-refractivity contribution is 5.33. The van der Waals surface area contributed by atoms with Crippen LogP contribution in [-0.4, -0.2) is 4.57 Å². The lowest BCUT2D eigenvalue weighted by atomic mass is 10.1. The maximum Gasteiger partial charge on any atom is 0.250 e. The first-order chi connectivity index (χ1) is 6.59. The highest BCUT2D eigenvalue weighted by Gasteiger charge is 1.98. The number of aryl methyl sites for hydroxylation is 1. The smallest absolute Gasteiger partial charge is 0.250 e. The van der Waals surface area contributed by atoms with Crippen LogP contribution in [0.1, 0.15) is 26.7 Å². The van der Waals surface area contributed by atoms with Gasteiger partial charge in [-0.1, -0.05) is 13.8 Å². The Labute approximate surface area is 84.6 Å². The SMILES string of the molecule is CC(C)CCCn1cc(N)ccc1=O. The van der Waals surface area contributed by atoms with E-state index in [1.807, 2.05) is 0 Å². The molecule has 0 amide bonds. The number of nitrogens with two attached hydrogens (primary N) is 1. The highest BCUT2D eigenvalue weighted by Crippen LogP contribution is 2.05. The lowest BCUT2D eigenvalue weighted by molar-refractivity contribution is 0.506. The molecule has 1 aromatic rings. The van der Waals surface area contributed by atoms with Gasteiger partial charge in [-0.25, -0.2) is 0 Å². The van der Waals surface area contributed by atoms with Crippen molar-refractivity contribution in [3.8, 4) is 0 Å². The molecule has 14 heavy (non-hydrogen) atoms. The van der Waals surface area contributed by atoms with Gasteiger partial charge in [0.2, 0.25) is 0 Å². The minimum Gasteiger partial charge on any atom is -0.398 e. The minimum atomic E-state index is 0.0305. The Bertz CT molecular complexity index is 341. The Kier molecular flexibility index (Phi) is 3.74. The summed E-state index contributed by atoms with van der Waals surface area (Å²) in [5.41, 5.74) is 6.28. The number of aromatic nitrogens is 1. The van der Waals surface area contributed by atoms with E-state index in [-0.39, 0.29) is 5.56 Å². The summed E-state index contributed by atoms with van der Waals surface area (Å²) in [6.45, 7) is 5.13. The van der Waals surface area contributed by atoms with Crippen molar-refractivity contribution in [2.24, 2.45) is 5.92 Å². The van der Waals surface area contributed by atoms with Crippen LogP contribution in [0.5, 0.6) is 0 Å². The Balaban J connectivity index is 2.58. The third kappa shape index (κ3) is 3.24. The molecule has 0 radical (unpaired) electrons. The van der Waals surface area contributed by atoms with Crippen LogP contribution < -0.4 is 11.3 Å². The largest absolute Gasteiger partial charge is 0.398 e. The number of nitrogen functional groups attached to an aromatic ring is 1. The van der Waals surface area contributed by atoms with Gasteiger partial charge in [0.1, 0.15) is 0 Å². The van der Waals surface area contributed by atoms with E-state index in [1.54, 1.807) is 16.8 Å². The van der Waals surface area contributed by atoms with E-state index in [9.17, 15) is 4.79 Å². The molecule has 0 bridgehead atoms. The maximum atomic E-state index is 11.4. The molecule has 2 N–H and O–H groups in total. The standard InChI is InChI=1S/C11H18N2O/c1-9(2)4-3-7-13-8-10(12)5-6-11(13)14/h5-6,8-9H,3-4,7,12H2,1-2H3. The fraction of sp³-hybridized carbons (Fsp3) is 0.545. The number of nitrogens with zero attached hydrogens (tertiary/aromatic N) is 1. The lowest BCUT2D eigenvalue weighted by Gasteiger charge is -2.07. The van der Waals surface area contributed by atoms with E-state index >= 15 is 0 Å². The van der Waals surface area contributed by atoms with Gasteiger partial charge in [-0.3, -0.25) is 4.79 Å². The first-order valence-corrected chi connectivity index (χ1v) is 5.05. The van der Waals surface area contributed by atoms with Gasteiger partial charge in [0.25, 0.3) is 5.56 Å². The van der Waals surface area contributed by atoms with Gasteiger partial charge >= 0.3 is 0 Å². The van der Waals surface area contributed by atoms with E-state index in [0.717, 1.165) is 19.4 Å². The van der Waals surface area contributed by atoms with E-state index in [1.165, 1.54) is 6.07 Å². The molecular formula is C11H18N2O. The quantitative estimate of drug-likeness (QED) is 0.795. The minimum absolute atomic E-state index is 0.0305. The molecule has 1 rings (SSSR count). The summed E-state index contributed by atoms with van der Waals surface area (Å²) in [6, 6.07) is 3.16. The average Bonchev–Trinajstić information content (AvgIpc) is 2.10. The van der Waals surface area contributed by atoms with Crippen molar-refractivity contribution in [3.05, 3.63) is 28.7 Å². The second-order valence-electron chi connectivity index (χ2n) is 4.03. The van der Waals surface area contributed by atoms with Crippen LogP contribution in [0.3, 0.4) is 0 Å². The molecular weight excluding hydrogens is 176 g/mol. The third-order valence-electron chi connectivity index (χ3n) is 2.19. The van der Waals surface area contributed by atoms with Crippen LogP contribution in [-0.2, 0) is 6.54 Å². The predicted molar refractivity (Wildman–Crippen MR) is 59.2 cm³/mol. The number of rotatable bonds is 4. The summed E-state index contributed by atoms with van der Waals surface area (Å²) in [7, 11) is 0. The van der Waals surface area contributed by atoms with E-state index in [2.05, 4.69) is 13.8 Å². The van der Waals surface area contributed by atoms with Gasteiger partial charge in [-0.15, -0.1) is 0 Å². The van der Waals surface area contributed by atoms with Crippen LogP contribution >= 0.6 is 0 Å². The monoisotopic (exact) mass is 194 g/mol. The zero-order valence-electron chi connectivity index (χ0n) is 8.86. The van der Waals surface area contributed by atoms with Gasteiger partial charge in [0, 0.05) is 24.5 Å². The Hall–Kier alpha value is -1.25. The molecule has 0 fully saturated rings. The maximum absolute atomic E-state index is 11.4. The zero-order valence-corrected chi connectivity index (χ0v) is 8.86. The van der Waals surface area contributed by atoms with E-state index in [4.69, 9.17) is 5.73 Å². The molecule has 0 atom stereocenters. The summed E-state index contributed by atoms with van der Waals surface area (Å²) in [6.07, 6.45) is 3.88. The third-order valence-corrected chi connectivity index (χ3v) is 2.19. The lowest BCUT2D eigenvalue weighted by Crippen LogP contribution is -2.19. The molecule has 0 aliphatic heterocycles. The molecule has 0 saturated carbocycles. The molecule has 3 nitrogen and oxygen atoms in total.